The van der Waals surface area contributed by atoms with E-state index in [1.807, 2.05) is 18.1 Å². The first-order chi connectivity index (χ1) is 22.2. The summed E-state index contributed by atoms with van der Waals surface area (Å²) in [5, 5.41) is 2.32. The minimum atomic E-state index is -0.995. The number of nitrogens with one attached hydrogen (secondary N) is 4. The van der Waals surface area contributed by atoms with E-state index in [-0.39, 0.29) is 54.3 Å². The number of carbonyl (C=O) groups is 2. The van der Waals surface area contributed by atoms with E-state index in [1.165, 1.54) is 0 Å². The first kappa shape index (κ1) is 39.9. The minimum absolute atomic E-state index is 0. The van der Waals surface area contributed by atoms with Crippen LogP contribution in [0.4, 0.5) is 9.59 Å². The first-order valence-corrected chi connectivity index (χ1v) is 15.3. The SMILES string of the molecule is COC([NH-])=O.COC([NH-])=O.O=[C-]Pc1ncc(-c2ccc(-c3ccc4cc(-c5ccc6nc(P[C-]=O)[nH]c6c5)ccc4c3)cc2)[nH]1.[V+2].[V+2]. The molecule has 2 atom stereocenters. The van der Waals surface area contributed by atoms with Crippen LogP contribution in [0.2, 0.25) is 0 Å². The Hall–Kier alpha value is -4.27. The van der Waals surface area contributed by atoms with E-state index in [1.54, 1.807) is 6.20 Å². The molecule has 0 fully saturated rings. The summed E-state index contributed by atoms with van der Waals surface area (Å²) in [4.78, 5) is 54.8. The Morgan fingerprint density at radius 3 is 1.67 bits per heavy atom. The average molecular weight is 754 g/mol. The predicted molar refractivity (Wildman–Crippen MR) is 183 cm³/mol. The van der Waals surface area contributed by atoms with Crippen LogP contribution >= 0.6 is 17.2 Å². The van der Waals surface area contributed by atoms with Crippen LogP contribution in [0, 0.1) is 0 Å². The molecule has 48 heavy (non-hydrogen) atoms. The molecule has 0 aliphatic rings. The van der Waals surface area contributed by atoms with Crippen molar-refractivity contribution in [3.05, 3.63) is 96.5 Å². The van der Waals surface area contributed by atoms with Crippen molar-refractivity contribution >= 4 is 74.3 Å². The normalized spacial score (nSPS) is 10.3. The second-order valence-electron chi connectivity index (χ2n) is 9.25. The van der Waals surface area contributed by atoms with Crippen molar-refractivity contribution in [2.24, 2.45) is 0 Å². The molecule has 6 rings (SSSR count). The molecule has 6 aromatic rings. The molecule has 240 valence electrons. The van der Waals surface area contributed by atoms with Crippen LogP contribution < -0.4 is 11.1 Å². The van der Waals surface area contributed by atoms with E-state index >= 15 is 0 Å². The molecule has 4 aromatic carbocycles. The quantitative estimate of drug-likeness (QED) is 0.131. The molecule has 2 heterocycles. The Morgan fingerprint density at radius 2 is 1.12 bits per heavy atom. The summed E-state index contributed by atoms with van der Waals surface area (Å²) >= 11 is 0. The van der Waals surface area contributed by atoms with Gasteiger partial charge in [-0.1, -0.05) is 54.6 Å². The molecule has 12 nitrogen and oxygen atoms in total. The van der Waals surface area contributed by atoms with E-state index < -0.39 is 12.2 Å². The molecule has 0 spiro atoms. The number of hydrogen-bond acceptors (Lipinski definition) is 8. The summed E-state index contributed by atoms with van der Waals surface area (Å²) in [5.41, 5.74) is 21.4. The number of benzene rings is 4. The molecule has 2 radical (unpaired) electrons. The van der Waals surface area contributed by atoms with Gasteiger partial charge in [0, 0.05) is 0 Å². The van der Waals surface area contributed by atoms with Crippen molar-refractivity contribution in [1.29, 1.82) is 0 Å². The van der Waals surface area contributed by atoms with Crippen LogP contribution in [0.25, 0.3) is 66.8 Å². The zero-order valence-electron chi connectivity index (χ0n) is 25.3. The van der Waals surface area contributed by atoms with E-state index in [2.05, 4.69) is 102 Å². The standard InChI is InChI=1S/C28H18N4O2P2.2C2H5NO2.2V/c33-15-35-27-29-14-26(32-27)18-3-1-17(2-4-18)19-5-6-21-12-22(8-7-20(21)11-19)23-9-10-24-25(13-23)31-28(30-24)36-16-34;2*1-5-2(3)4;;/h1-14,35-36H,(H,29,32)(H,30,31);2*1H3,(H2,3,4);;/q-2;;;2*+2/p-2. The smallest absolute Gasteiger partial charge is 0.632 e. The van der Waals surface area contributed by atoms with E-state index in [0.717, 1.165) is 69.5 Å². The number of nitrogens with zero attached hydrogens (tertiary/aromatic N) is 2. The summed E-state index contributed by atoms with van der Waals surface area (Å²) in [6, 6.07) is 31.1. The zero-order chi connectivity index (χ0) is 33.1. The van der Waals surface area contributed by atoms with Gasteiger partial charge >= 0.3 is 37.1 Å². The third-order valence-corrected chi connectivity index (χ3v) is 7.64. The molecular weight excluding hydrogens is 728 g/mol. The topological polar surface area (TPSA) is 192 Å². The van der Waals surface area contributed by atoms with Crippen molar-refractivity contribution < 1.29 is 65.8 Å². The Bertz CT molecular complexity index is 1990. The molecule has 2 unspecified atom stereocenters. The molecule has 0 aliphatic carbocycles. The largest absolute Gasteiger partial charge is 2.00 e. The van der Waals surface area contributed by atoms with Gasteiger partial charge in [-0.2, -0.15) is 17.2 Å². The van der Waals surface area contributed by atoms with Gasteiger partial charge in [-0.3, -0.25) is 9.59 Å². The molecule has 0 bridgehead atoms. The summed E-state index contributed by atoms with van der Waals surface area (Å²) in [7, 11) is 2.15. The van der Waals surface area contributed by atoms with E-state index in [4.69, 9.17) is 11.5 Å². The number of rotatable bonds is 7. The zero-order valence-corrected chi connectivity index (χ0v) is 30.1. The fourth-order valence-corrected chi connectivity index (χ4v) is 5.22. The van der Waals surface area contributed by atoms with Crippen LogP contribution in [-0.2, 0) is 56.2 Å². The summed E-state index contributed by atoms with van der Waals surface area (Å²) in [6.07, 6.45) is -0.245. The van der Waals surface area contributed by atoms with Crippen molar-refractivity contribution in [2.75, 3.05) is 14.2 Å². The van der Waals surface area contributed by atoms with Gasteiger partial charge < -0.3 is 40.5 Å². The Balaban J connectivity index is 0.000000588. The molecular formula is C32H26N6O6P2V2. The average Bonchev–Trinajstić information content (AvgIpc) is 3.71. The summed E-state index contributed by atoms with van der Waals surface area (Å²) in [6.45, 7) is 0. The number of aromatic amines is 2. The van der Waals surface area contributed by atoms with Gasteiger partial charge in [-0.05, 0) is 62.9 Å². The molecule has 0 saturated carbocycles. The maximum atomic E-state index is 10.7. The minimum Gasteiger partial charge on any atom is -0.632 e. The van der Waals surface area contributed by atoms with E-state index in [0.29, 0.717) is 11.1 Å². The van der Waals surface area contributed by atoms with Crippen LogP contribution in [-0.4, -0.2) is 58.4 Å². The Morgan fingerprint density at radius 1 is 0.667 bits per heavy atom. The van der Waals surface area contributed by atoms with Gasteiger partial charge in [0.25, 0.3) is 0 Å². The van der Waals surface area contributed by atoms with Crippen molar-refractivity contribution in [2.45, 2.75) is 0 Å². The summed E-state index contributed by atoms with van der Waals surface area (Å²) < 4.78 is 7.56. The molecule has 2 amide bonds. The maximum Gasteiger partial charge on any atom is 2.00 e. The Kier molecular flexibility index (Phi) is 16.2. The van der Waals surface area contributed by atoms with Crippen molar-refractivity contribution in [3.8, 4) is 33.5 Å². The maximum absolute atomic E-state index is 10.7. The monoisotopic (exact) mass is 754 g/mol. The third-order valence-electron chi connectivity index (χ3n) is 6.47. The van der Waals surface area contributed by atoms with E-state index in [9.17, 15) is 19.2 Å². The van der Waals surface area contributed by atoms with Gasteiger partial charge in [0.1, 0.15) is 0 Å². The molecule has 4 N–H and O–H groups in total. The van der Waals surface area contributed by atoms with Crippen molar-refractivity contribution in [1.82, 2.24) is 19.9 Å². The third kappa shape index (κ3) is 10.9. The number of H-pyrrole nitrogens is 2. The number of fused-ring (bicyclic) bond motifs is 2. The number of methoxy groups -OCH3 is 2. The fourth-order valence-electron chi connectivity index (χ4n) is 4.32. The van der Waals surface area contributed by atoms with Gasteiger partial charge in [0.15, 0.2) is 0 Å². The number of hydrogen-bond donors (Lipinski definition) is 2. The van der Waals surface area contributed by atoms with Crippen LogP contribution in [0.15, 0.2) is 85.1 Å². The number of ether oxygens (including phenoxy) is 2. The molecule has 0 saturated heterocycles. The molecule has 0 aliphatic heterocycles. The molecule has 16 heteroatoms. The number of carbonyl (C=O) groups excluding carboxylic acids is 4. The second-order valence-corrected chi connectivity index (χ2v) is 11.1. The van der Waals surface area contributed by atoms with Gasteiger partial charge in [0.2, 0.25) is 12.2 Å². The van der Waals surface area contributed by atoms with Crippen LogP contribution in [0.1, 0.15) is 0 Å². The van der Waals surface area contributed by atoms with Gasteiger partial charge in [0.05, 0.1) is 48.3 Å². The number of amides is 2. The number of aromatic nitrogens is 4. The van der Waals surface area contributed by atoms with Gasteiger partial charge in [-0.25, -0.2) is 22.0 Å². The molecule has 2 aromatic heterocycles. The number of imidazole rings is 2. The second kappa shape index (κ2) is 19.5. The fraction of sp³-hybridized carbons (Fsp3) is 0.0625. The van der Waals surface area contributed by atoms with Crippen molar-refractivity contribution in [3.63, 3.8) is 0 Å². The Labute approximate surface area is 302 Å². The first-order valence-electron chi connectivity index (χ1n) is 13.3. The van der Waals surface area contributed by atoms with Crippen LogP contribution in [0.3, 0.4) is 0 Å². The predicted octanol–water partition coefficient (Wildman–Crippen LogP) is 6.79. The van der Waals surface area contributed by atoms with Gasteiger partial charge in [-0.15, -0.1) is 0 Å². The summed E-state index contributed by atoms with van der Waals surface area (Å²) in [5.74, 6) is 0. The van der Waals surface area contributed by atoms with Crippen LogP contribution in [0.5, 0.6) is 0 Å².